The van der Waals surface area contributed by atoms with Gasteiger partial charge in [0, 0.05) is 31.1 Å². The zero-order valence-electron chi connectivity index (χ0n) is 20.1. The van der Waals surface area contributed by atoms with E-state index in [9.17, 15) is 14.9 Å². The van der Waals surface area contributed by atoms with Crippen molar-refractivity contribution >= 4 is 37.9 Å². The molecule has 2 aromatic rings. The van der Waals surface area contributed by atoms with Gasteiger partial charge in [0.25, 0.3) is 5.91 Å². The average Bonchev–Trinajstić information content (AvgIpc) is 3.44. The molecule has 184 valence electrons. The van der Waals surface area contributed by atoms with Crippen molar-refractivity contribution in [3.8, 4) is 6.07 Å². The summed E-state index contributed by atoms with van der Waals surface area (Å²) in [5, 5.41) is 20.8. The number of hydrogen-bond donors (Lipinski definition) is 3. The first-order valence-corrected chi connectivity index (χ1v) is 13.1. The standard InChI is InChI=1S/C26H33N6O2P/c1-32-24(28)22(26(34)30-20-5-6-21(35)19(11-20)12-27)23(31-32)18-9-16-7-14(8-17(16)10-18)13-29-25(33)15-3-2-4-15/h5-6,11,14-18H,2-4,7-10,13,28,35H2,1H3,(H,29,33)(H,30,34). The number of nitrogens with one attached hydrogen (secondary N) is 2. The van der Waals surface area contributed by atoms with Crippen LogP contribution in [-0.2, 0) is 11.8 Å². The minimum absolute atomic E-state index is 0.198. The summed E-state index contributed by atoms with van der Waals surface area (Å²) in [5.74, 6) is 2.47. The normalized spacial score (nSPS) is 25.5. The molecule has 1 aromatic heterocycles. The molecule has 3 unspecified atom stereocenters. The first-order chi connectivity index (χ1) is 16.8. The van der Waals surface area contributed by atoms with Gasteiger partial charge < -0.3 is 16.4 Å². The summed E-state index contributed by atoms with van der Waals surface area (Å²) in [6.07, 6.45) is 7.48. The van der Waals surface area contributed by atoms with Crippen LogP contribution in [0.3, 0.4) is 0 Å². The Labute approximate surface area is 208 Å². The number of aromatic nitrogens is 2. The molecular formula is C26H33N6O2P. The molecule has 3 saturated carbocycles. The number of amides is 2. The van der Waals surface area contributed by atoms with Gasteiger partial charge in [-0.15, -0.1) is 9.24 Å². The molecule has 1 heterocycles. The summed E-state index contributed by atoms with van der Waals surface area (Å²) in [6, 6.07) is 7.36. The summed E-state index contributed by atoms with van der Waals surface area (Å²) in [4.78, 5) is 25.5. The van der Waals surface area contributed by atoms with Crippen LogP contribution in [0.25, 0.3) is 0 Å². The third-order valence-corrected chi connectivity index (χ3v) is 8.82. The molecule has 3 fully saturated rings. The Morgan fingerprint density at radius 1 is 1.23 bits per heavy atom. The van der Waals surface area contributed by atoms with E-state index < -0.39 is 0 Å². The van der Waals surface area contributed by atoms with E-state index in [1.807, 2.05) is 0 Å². The highest BCUT2D eigenvalue weighted by Crippen LogP contribution is 2.53. The Hall–Kier alpha value is -2.91. The molecule has 0 radical (unpaired) electrons. The fourth-order valence-electron chi connectivity index (χ4n) is 6.19. The van der Waals surface area contributed by atoms with Crippen LogP contribution in [0.5, 0.6) is 0 Å². The third-order valence-electron chi connectivity index (χ3n) is 8.32. The molecule has 0 spiro atoms. The van der Waals surface area contributed by atoms with Crippen LogP contribution in [0.4, 0.5) is 11.5 Å². The molecule has 35 heavy (non-hydrogen) atoms. The van der Waals surface area contributed by atoms with Crippen LogP contribution >= 0.6 is 9.24 Å². The highest BCUT2D eigenvalue weighted by atomic mass is 31.0. The van der Waals surface area contributed by atoms with Crippen LogP contribution in [0.15, 0.2) is 18.2 Å². The quantitative estimate of drug-likeness (QED) is 0.535. The van der Waals surface area contributed by atoms with Crippen molar-refractivity contribution in [1.29, 1.82) is 5.26 Å². The monoisotopic (exact) mass is 492 g/mol. The second kappa shape index (κ2) is 9.62. The van der Waals surface area contributed by atoms with Gasteiger partial charge >= 0.3 is 0 Å². The summed E-state index contributed by atoms with van der Waals surface area (Å²) >= 11 is 0. The van der Waals surface area contributed by atoms with Crippen LogP contribution in [-0.4, -0.2) is 28.1 Å². The molecule has 4 N–H and O–H groups in total. The van der Waals surface area contributed by atoms with Gasteiger partial charge in [-0.3, -0.25) is 14.3 Å². The van der Waals surface area contributed by atoms with Gasteiger partial charge in [-0.1, -0.05) is 12.5 Å². The van der Waals surface area contributed by atoms with Crippen molar-refractivity contribution in [3.63, 3.8) is 0 Å². The number of carbonyl (C=O) groups excluding carboxylic acids is 2. The van der Waals surface area contributed by atoms with Gasteiger partial charge in [0.15, 0.2) is 0 Å². The van der Waals surface area contributed by atoms with Gasteiger partial charge in [0.05, 0.1) is 17.3 Å². The molecule has 9 heteroatoms. The van der Waals surface area contributed by atoms with Crippen LogP contribution in [0.1, 0.15) is 72.5 Å². The number of carbonyl (C=O) groups is 2. The lowest BCUT2D eigenvalue weighted by Crippen LogP contribution is -2.36. The van der Waals surface area contributed by atoms with Crippen LogP contribution in [0, 0.1) is 35.0 Å². The van der Waals surface area contributed by atoms with E-state index in [0.717, 1.165) is 56.1 Å². The lowest BCUT2D eigenvalue weighted by Gasteiger charge is -2.25. The van der Waals surface area contributed by atoms with Crippen molar-refractivity contribution in [2.75, 3.05) is 17.6 Å². The largest absolute Gasteiger partial charge is 0.383 e. The predicted molar refractivity (Wildman–Crippen MR) is 138 cm³/mol. The number of rotatable bonds is 6. The second-order valence-electron chi connectivity index (χ2n) is 10.5. The Bertz CT molecular complexity index is 1180. The number of hydrogen-bond acceptors (Lipinski definition) is 5. The second-order valence-corrected chi connectivity index (χ2v) is 11.2. The van der Waals surface area contributed by atoms with Gasteiger partial charge in [0.2, 0.25) is 5.91 Å². The number of nitriles is 1. The summed E-state index contributed by atoms with van der Waals surface area (Å²) < 4.78 is 1.59. The molecule has 5 rings (SSSR count). The van der Waals surface area contributed by atoms with Crippen LogP contribution < -0.4 is 21.7 Å². The van der Waals surface area contributed by atoms with Gasteiger partial charge in [-0.2, -0.15) is 10.4 Å². The van der Waals surface area contributed by atoms with E-state index >= 15 is 0 Å². The Balaban J connectivity index is 1.24. The molecule has 0 saturated heterocycles. The SMILES string of the molecule is Cn1nc(C2CC3CC(CNC(=O)C4CCC4)CC3C2)c(C(=O)Nc2ccc(P)c(C#N)c2)c1N. The molecule has 0 aliphatic heterocycles. The maximum Gasteiger partial charge on any atom is 0.261 e. The van der Waals surface area contributed by atoms with E-state index in [0.29, 0.717) is 40.4 Å². The molecule has 3 atom stereocenters. The van der Waals surface area contributed by atoms with Crippen molar-refractivity contribution in [2.45, 2.75) is 50.9 Å². The lowest BCUT2D eigenvalue weighted by atomic mass is 9.84. The highest BCUT2D eigenvalue weighted by molar-refractivity contribution is 7.27. The number of nitrogens with two attached hydrogens (primary N) is 1. The number of aryl methyl sites for hydroxylation is 1. The third kappa shape index (κ3) is 4.67. The number of anilines is 2. The highest BCUT2D eigenvalue weighted by Gasteiger charge is 2.44. The number of nitrogens with zero attached hydrogens (tertiary/aromatic N) is 3. The van der Waals surface area contributed by atoms with E-state index in [1.165, 1.54) is 6.42 Å². The smallest absolute Gasteiger partial charge is 0.261 e. The average molecular weight is 493 g/mol. The summed E-state index contributed by atoms with van der Waals surface area (Å²) in [7, 11) is 4.29. The molecule has 3 aliphatic carbocycles. The van der Waals surface area contributed by atoms with Crippen LogP contribution in [0.2, 0.25) is 0 Å². The Morgan fingerprint density at radius 3 is 2.57 bits per heavy atom. The molecule has 8 nitrogen and oxygen atoms in total. The zero-order chi connectivity index (χ0) is 24.7. The maximum atomic E-state index is 13.3. The predicted octanol–water partition coefficient (Wildman–Crippen LogP) is 3.06. The fraction of sp³-hybridized carbons (Fsp3) is 0.538. The number of benzene rings is 1. The van der Waals surface area contributed by atoms with Gasteiger partial charge in [-0.25, -0.2) is 0 Å². The maximum absolute atomic E-state index is 13.3. The van der Waals surface area contributed by atoms with Crippen molar-refractivity contribution in [2.24, 2.45) is 30.7 Å². The van der Waals surface area contributed by atoms with Gasteiger partial charge in [0.1, 0.15) is 11.4 Å². The molecular weight excluding hydrogens is 459 g/mol. The van der Waals surface area contributed by atoms with E-state index in [1.54, 1.807) is 29.9 Å². The van der Waals surface area contributed by atoms with E-state index in [-0.39, 0.29) is 23.7 Å². The van der Waals surface area contributed by atoms with Crippen molar-refractivity contribution in [1.82, 2.24) is 15.1 Å². The zero-order valence-corrected chi connectivity index (χ0v) is 21.2. The molecule has 1 aromatic carbocycles. The lowest BCUT2D eigenvalue weighted by molar-refractivity contribution is -0.127. The van der Waals surface area contributed by atoms with E-state index in [2.05, 4.69) is 31.0 Å². The topological polar surface area (TPSA) is 126 Å². The van der Waals surface area contributed by atoms with Gasteiger partial charge in [-0.05, 0) is 73.7 Å². The molecule has 0 bridgehead atoms. The Kier molecular flexibility index (Phi) is 6.55. The summed E-state index contributed by atoms with van der Waals surface area (Å²) in [6.45, 7) is 0.789. The molecule has 2 amide bonds. The number of nitrogen functional groups attached to an aromatic ring is 1. The summed E-state index contributed by atoms with van der Waals surface area (Å²) in [5.41, 5.74) is 8.56. The molecule has 3 aliphatic rings. The number of fused-ring (bicyclic) bond motifs is 1. The Morgan fingerprint density at radius 2 is 1.94 bits per heavy atom. The van der Waals surface area contributed by atoms with Crippen molar-refractivity contribution in [3.05, 3.63) is 35.0 Å². The minimum Gasteiger partial charge on any atom is -0.383 e. The first-order valence-electron chi connectivity index (χ1n) is 12.5. The minimum atomic E-state index is -0.292. The first kappa shape index (κ1) is 23.8. The fourth-order valence-corrected chi connectivity index (χ4v) is 6.44. The van der Waals surface area contributed by atoms with E-state index in [4.69, 9.17) is 5.73 Å². The van der Waals surface area contributed by atoms with Crippen molar-refractivity contribution < 1.29 is 9.59 Å².